The molecule has 2 aromatic rings. The van der Waals surface area contributed by atoms with Gasteiger partial charge in [0.2, 0.25) is 0 Å². The van der Waals surface area contributed by atoms with Crippen LogP contribution in [0.15, 0.2) is 24.5 Å². The lowest BCUT2D eigenvalue weighted by atomic mass is 10.0. The number of pyridine rings is 1. The fourth-order valence-electron chi connectivity index (χ4n) is 2.15. The predicted molar refractivity (Wildman–Crippen MR) is 73.0 cm³/mol. The van der Waals surface area contributed by atoms with E-state index in [1.165, 1.54) is 12.8 Å². The van der Waals surface area contributed by atoms with Gasteiger partial charge in [0.1, 0.15) is 17.3 Å². The summed E-state index contributed by atoms with van der Waals surface area (Å²) in [7, 11) is 0. The van der Waals surface area contributed by atoms with Crippen molar-refractivity contribution in [3.8, 4) is 6.07 Å². The third-order valence-corrected chi connectivity index (χ3v) is 3.73. The Morgan fingerprint density at radius 2 is 2.30 bits per heavy atom. The Bertz CT molecular complexity index is 672. The average molecular weight is 289 g/mol. The van der Waals surface area contributed by atoms with E-state index < -0.39 is 6.10 Å². The van der Waals surface area contributed by atoms with Crippen molar-refractivity contribution in [1.29, 1.82) is 5.26 Å². The lowest BCUT2D eigenvalue weighted by Crippen LogP contribution is -2.02. The minimum absolute atomic E-state index is 0.234. The van der Waals surface area contributed by atoms with Gasteiger partial charge in [-0.05, 0) is 24.8 Å². The third-order valence-electron chi connectivity index (χ3n) is 3.42. The molecule has 1 N–H and O–H groups in total. The van der Waals surface area contributed by atoms with E-state index in [2.05, 4.69) is 10.1 Å². The van der Waals surface area contributed by atoms with Gasteiger partial charge in [0.15, 0.2) is 5.69 Å². The largest absolute Gasteiger partial charge is 0.383 e. The van der Waals surface area contributed by atoms with Crippen molar-refractivity contribution < 1.29 is 5.11 Å². The van der Waals surface area contributed by atoms with Crippen LogP contribution in [0.5, 0.6) is 0 Å². The summed E-state index contributed by atoms with van der Waals surface area (Å²) in [5.41, 5.74) is 1.19. The Labute approximate surface area is 121 Å². The predicted octanol–water partition coefficient (Wildman–Crippen LogP) is 2.29. The molecule has 1 saturated carbocycles. The van der Waals surface area contributed by atoms with E-state index in [-0.39, 0.29) is 10.8 Å². The van der Waals surface area contributed by atoms with Gasteiger partial charge >= 0.3 is 0 Å². The highest BCUT2D eigenvalue weighted by Gasteiger charge is 2.25. The van der Waals surface area contributed by atoms with Crippen LogP contribution in [0.2, 0.25) is 5.15 Å². The van der Waals surface area contributed by atoms with Crippen molar-refractivity contribution >= 4 is 11.6 Å². The van der Waals surface area contributed by atoms with E-state index in [4.69, 9.17) is 16.9 Å². The van der Waals surface area contributed by atoms with E-state index in [0.29, 0.717) is 17.0 Å². The van der Waals surface area contributed by atoms with Gasteiger partial charge < -0.3 is 5.11 Å². The highest BCUT2D eigenvalue weighted by atomic mass is 35.5. The molecule has 20 heavy (non-hydrogen) atoms. The number of hydrogen-bond donors (Lipinski definition) is 1. The highest BCUT2D eigenvalue weighted by Crippen LogP contribution is 2.32. The summed E-state index contributed by atoms with van der Waals surface area (Å²) in [5.74, 6) is 0.647. The molecule has 0 amide bonds. The van der Waals surface area contributed by atoms with Gasteiger partial charge in [0.05, 0.1) is 0 Å². The van der Waals surface area contributed by atoms with Crippen molar-refractivity contribution in [2.75, 3.05) is 0 Å². The zero-order valence-corrected chi connectivity index (χ0v) is 11.5. The highest BCUT2D eigenvalue weighted by molar-refractivity contribution is 6.30. The van der Waals surface area contributed by atoms with Crippen LogP contribution in [0.1, 0.15) is 35.8 Å². The first-order chi connectivity index (χ1) is 9.69. The number of aliphatic hydroxyl groups is 1. The van der Waals surface area contributed by atoms with Crippen LogP contribution in [0.25, 0.3) is 0 Å². The number of hydrogen-bond acceptors (Lipinski definition) is 4. The van der Waals surface area contributed by atoms with Crippen molar-refractivity contribution in [2.24, 2.45) is 5.92 Å². The standard InChI is InChI=1S/C14H13ClN4O/c15-14-10(2-1-5-17-14)13(20)11-8-19(7-9-3-4-9)18-12(11)6-16/h1-2,5,8-9,13,20H,3-4,7H2. The maximum Gasteiger partial charge on any atom is 0.168 e. The Morgan fingerprint density at radius 1 is 1.50 bits per heavy atom. The lowest BCUT2D eigenvalue weighted by Gasteiger charge is -2.10. The molecule has 0 bridgehead atoms. The maximum atomic E-state index is 10.4. The second-order valence-electron chi connectivity index (χ2n) is 5.00. The summed E-state index contributed by atoms with van der Waals surface area (Å²) in [6.45, 7) is 0.794. The van der Waals surface area contributed by atoms with Crippen LogP contribution in [0.3, 0.4) is 0 Å². The fraction of sp³-hybridized carbons (Fsp3) is 0.357. The zero-order valence-electron chi connectivity index (χ0n) is 10.7. The monoisotopic (exact) mass is 288 g/mol. The number of rotatable bonds is 4. The smallest absolute Gasteiger partial charge is 0.168 e. The molecule has 102 valence electrons. The van der Waals surface area contributed by atoms with Crippen LogP contribution < -0.4 is 0 Å². The SMILES string of the molecule is N#Cc1nn(CC2CC2)cc1C(O)c1cccnc1Cl. The van der Waals surface area contributed by atoms with E-state index in [1.54, 1.807) is 29.2 Å². The van der Waals surface area contributed by atoms with Crippen LogP contribution in [-0.2, 0) is 6.54 Å². The van der Waals surface area contributed by atoms with Crippen LogP contribution in [0, 0.1) is 17.2 Å². The van der Waals surface area contributed by atoms with Crippen molar-refractivity contribution in [2.45, 2.75) is 25.5 Å². The molecule has 1 aliphatic carbocycles. The zero-order chi connectivity index (χ0) is 14.1. The topological polar surface area (TPSA) is 74.7 Å². The fourth-order valence-corrected chi connectivity index (χ4v) is 2.37. The molecule has 2 aromatic heterocycles. The molecule has 1 unspecified atom stereocenters. The summed E-state index contributed by atoms with van der Waals surface area (Å²) in [5, 5.41) is 24.0. The number of nitrogens with zero attached hydrogens (tertiary/aromatic N) is 4. The first-order valence-corrected chi connectivity index (χ1v) is 6.82. The number of halogens is 1. The molecule has 0 saturated heterocycles. The molecule has 0 aliphatic heterocycles. The van der Waals surface area contributed by atoms with Crippen LogP contribution in [0.4, 0.5) is 0 Å². The molecule has 0 radical (unpaired) electrons. The van der Waals surface area contributed by atoms with E-state index in [0.717, 1.165) is 6.54 Å². The normalized spacial score (nSPS) is 15.8. The molecular weight excluding hydrogens is 276 g/mol. The Hall–Kier alpha value is -1.90. The Balaban J connectivity index is 1.94. The van der Waals surface area contributed by atoms with Crippen LogP contribution in [-0.4, -0.2) is 19.9 Å². The molecule has 2 heterocycles. The summed E-state index contributed by atoms with van der Waals surface area (Å²) in [6, 6.07) is 5.42. The summed E-state index contributed by atoms with van der Waals surface area (Å²) in [4.78, 5) is 3.94. The number of aromatic nitrogens is 3. The average Bonchev–Trinajstić information content (AvgIpc) is 3.16. The van der Waals surface area contributed by atoms with Crippen molar-refractivity contribution in [3.63, 3.8) is 0 Å². The maximum absolute atomic E-state index is 10.4. The van der Waals surface area contributed by atoms with E-state index in [9.17, 15) is 5.11 Å². The van der Waals surface area contributed by atoms with Gasteiger partial charge in [-0.2, -0.15) is 10.4 Å². The van der Waals surface area contributed by atoms with Gasteiger partial charge in [0, 0.05) is 30.1 Å². The second kappa shape index (κ2) is 5.23. The second-order valence-corrected chi connectivity index (χ2v) is 5.35. The van der Waals surface area contributed by atoms with Gasteiger partial charge in [-0.1, -0.05) is 17.7 Å². The summed E-state index contributed by atoms with van der Waals surface area (Å²) in [6.07, 6.45) is 4.70. The molecule has 5 nitrogen and oxygen atoms in total. The minimum Gasteiger partial charge on any atom is -0.383 e. The molecular formula is C14H13ClN4O. The molecule has 0 spiro atoms. The molecule has 1 aliphatic rings. The molecule has 0 aromatic carbocycles. The number of nitriles is 1. The van der Waals surface area contributed by atoms with Crippen LogP contribution >= 0.6 is 11.6 Å². The summed E-state index contributed by atoms with van der Waals surface area (Å²) < 4.78 is 1.74. The van der Waals surface area contributed by atoms with E-state index >= 15 is 0 Å². The van der Waals surface area contributed by atoms with Gasteiger partial charge in [-0.3, -0.25) is 4.68 Å². The first-order valence-electron chi connectivity index (χ1n) is 6.45. The Morgan fingerprint density at radius 3 is 2.95 bits per heavy atom. The Kier molecular flexibility index (Phi) is 3.43. The van der Waals surface area contributed by atoms with Crippen molar-refractivity contribution in [1.82, 2.24) is 14.8 Å². The lowest BCUT2D eigenvalue weighted by molar-refractivity contribution is 0.219. The molecule has 1 atom stereocenters. The quantitative estimate of drug-likeness (QED) is 0.876. The number of aliphatic hydroxyl groups excluding tert-OH is 1. The van der Waals surface area contributed by atoms with Gasteiger partial charge in [0.25, 0.3) is 0 Å². The van der Waals surface area contributed by atoms with E-state index in [1.807, 2.05) is 6.07 Å². The van der Waals surface area contributed by atoms with Gasteiger partial charge in [-0.25, -0.2) is 4.98 Å². The van der Waals surface area contributed by atoms with Gasteiger partial charge in [-0.15, -0.1) is 0 Å². The molecule has 1 fully saturated rings. The van der Waals surface area contributed by atoms with Crippen molar-refractivity contribution in [3.05, 3.63) is 46.5 Å². The summed E-state index contributed by atoms with van der Waals surface area (Å²) >= 11 is 5.98. The minimum atomic E-state index is -0.987. The third kappa shape index (κ3) is 2.53. The molecule has 3 rings (SSSR count). The molecule has 6 heteroatoms. The first kappa shape index (κ1) is 13.1.